The van der Waals surface area contributed by atoms with Crippen molar-refractivity contribution in [3.8, 4) is 0 Å². The van der Waals surface area contributed by atoms with Crippen molar-refractivity contribution < 1.29 is 10.2 Å². The summed E-state index contributed by atoms with van der Waals surface area (Å²) in [6.07, 6.45) is 0.920. The number of benzene rings is 1. The zero-order valence-corrected chi connectivity index (χ0v) is 9.27. The Morgan fingerprint density at radius 1 is 1.40 bits per heavy atom. The van der Waals surface area contributed by atoms with E-state index >= 15 is 0 Å². The van der Waals surface area contributed by atoms with Gasteiger partial charge in [0.2, 0.25) is 0 Å². The molecule has 0 aliphatic carbocycles. The van der Waals surface area contributed by atoms with Gasteiger partial charge < -0.3 is 10.2 Å². The van der Waals surface area contributed by atoms with Crippen LogP contribution in [0.2, 0.25) is 0 Å². The van der Waals surface area contributed by atoms with Crippen LogP contribution in [0.5, 0.6) is 0 Å². The number of hydrogen-bond donors (Lipinski definition) is 2. The molecule has 2 nitrogen and oxygen atoms in total. The van der Waals surface area contributed by atoms with Gasteiger partial charge in [-0.2, -0.15) is 0 Å². The molecule has 0 aromatic heterocycles. The molecular formula is C13H18O2. The smallest absolute Gasteiger partial charge is 0.112 e. The first kappa shape index (κ1) is 12.0. The molecule has 0 unspecified atom stereocenters. The predicted molar refractivity (Wildman–Crippen MR) is 61.6 cm³/mol. The third-order valence-corrected chi connectivity index (χ3v) is 2.79. The van der Waals surface area contributed by atoms with E-state index in [4.69, 9.17) is 0 Å². The minimum absolute atomic E-state index is 0.436. The third-order valence-electron chi connectivity index (χ3n) is 2.79. The largest absolute Gasteiger partial charge is 0.385 e. The van der Waals surface area contributed by atoms with Crippen LogP contribution in [-0.2, 0) is 0 Å². The van der Waals surface area contributed by atoms with E-state index in [0.717, 1.165) is 5.56 Å². The summed E-state index contributed by atoms with van der Waals surface area (Å²) in [7, 11) is 0. The van der Waals surface area contributed by atoms with Crippen molar-refractivity contribution in [1.82, 2.24) is 0 Å². The van der Waals surface area contributed by atoms with Crippen molar-refractivity contribution in [3.63, 3.8) is 0 Å². The van der Waals surface area contributed by atoms with Crippen LogP contribution in [0.4, 0.5) is 0 Å². The Morgan fingerprint density at radius 2 is 1.93 bits per heavy atom. The lowest BCUT2D eigenvalue weighted by atomic mass is 9.88. The SMILES string of the molecule is C=C[C@](O)(CC)[C@@H](O)c1ccc(C)cc1. The van der Waals surface area contributed by atoms with E-state index in [0.29, 0.717) is 12.0 Å². The van der Waals surface area contributed by atoms with E-state index in [1.807, 2.05) is 38.1 Å². The molecule has 1 aromatic rings. The third kappa shape index (κ3) is 2.46. The van der Waals surface area contributed by atoms with Gasteiger partial charge in [0.1, 0.15) is 11.7 Å². The zero-order chi connectivity index (χ0) is 11.5. The van der Waals surface area contributed by atoms with Crippen LogP contribution < -0.4 is 0 Å². The quantitative estimate of drug-likeness (QED) is 0.742. The van der Waals surface area contributed by atoms with Crippen LogP contribution >= 0.6 is 0 Å². The van der Waals surface area contributed by atoms with Gasteiger partial charge in [0.05, 0.1) is 0 Å². The fraction of sp³-hybridized carbons (Fsp3) is 0.385. The Hall–Kier alpha value is -1.12. The van der Waals surface area contributed by atoms with Gasteiger partial charge in [0.15, 0.2) is 0 Å². The summed E-state index contributed by atoms with van der Waals surface area (Å²) in [6.45, 7) is 7.36. The molecule has 1 rings (SSSR count). The summed E-state index contributed by atoms with van der Waals surface area (Å²) >= 11 is 0. The standard InChI is InChI=1S/C13H18O2/c1-4-13(15,5-2)12(14)11-8-6-10(3)7-9-11/h4,6-9,12,14-15H,1,5H2,2-3H3/t12-,13-/m0/s1. The van der Waals surface area contributed by atoms with Crippen LogP contribution in [-0.4, -0.2) is 15.8 Å². The van der Waals surface area contributed by atoms with E-state index in [1.54, 1.807) is 0 Å². The summed E-state index contributed by atoms with van der Waals surface area (Å²) < 4.78 is 0. The Labute approximate surface area is 90.9 Å². The second-order valence-corrected chi connectivity index (χ2v) is 3.86. The highest BCUT2D eigenvalue weighted by molar-refractivity contribution is 5.26. The van der Waals surface area contributed by atoms with E-state index in [9.17, 15) is 10.2 Å². The average molecular weight is 206 g/mol. The summed E-state index contributed by atoms with van der Waals surface area (Å²) in [4.78, 5) is 0. The maximum absolute atomic E-state index is 10.1. The zero-order valence-electron chi connectivity index (χ0n) is 9.27. The van der Waals surface area contributed by atoms with Crippen LogP contribution in [0.15, 0.2) is 36.9 Å². The Bertz CT molecular complexity index is 329. The Morgan fingerprint density at radius 3 is 2.33 bits per heavy atom. The van der Waals surface area contributed by atoms with Crippen LogP contribution in [0.3, 0.4) is 0 Å². The summed E-state index contributed by atoms with van der Waals surface area (Å²) in [6, 6.07) is 7.48. The van der Waals surface area contributed by atoms with Gasteiger partial charge in [0.25, 0.3) is 0 Å². The van der Waals surface area contributed by atoms with Gasteiger partial charge in [0, 0.05) is 0 Å². The molecule has 0 amide bonds. The summed E-state index contributed by atoms with van der Waals surface area (Å²) in [5.74, 6) is 0. The molecule has 2 heteroatoms. The molecule has 15 heavy (non-hydrogen) atoms. The minimum Gasteiger partial charge on any atom is -0.385 e. The second kappa shape index (κ2) is 4.60. The van der Waals surface area contributed by atoms with E-state index < -0.39 is 11.7 Å². The molecule has 0 saturated heterocycles. The number of aryl methyl sites for hydroxylation is 1. The molecule has 0 saturated carbocycles. The van der Waals surface area contributed by atoms with E-state index in [1.165, 1.54) is 6.08 Å². The maximum Gasteiger partial charge on any atom is 0.112 e. The van der Waals surface area contributed by atoms with Crippen molar-refractivity contribution in [1.29, 1.82) is 0 Å². The first-order valence-electron chi connectivity index (χ1n) is 5.14. The number of hydrogen-bond acceptors (Lipinski definition) is 2. The summed E-state index contributed by atoms with van der Waals surface area (Å²) in [5, 5.41) is 20.1. The van der Waals surface area contributed by atoms with E-state index in [-0.39, 0.29) is 0 Å². The first-order chi connectivity index (χ1) is 7.03. The fourth-order valence-corrected chi connectivity index (χ4v) is 1.49. The lowest BCUT2D eigenvalue weighted by Crippen LogP contribution is -2.33. The highest BCUT2D eigenvalue weighted by Crippen LogP contribution is 2.29. The molecule has 0 radical (unpaired) electrons. The molecule has 0 bridgehead atoms. The first-order valence-corrected chi connectivity index (χ1v) is 5.14. The van der Waals surface area contributed by atoms with Crippen LogP contribution in [0.1, 0.15) is 30.6 Å². The van der Waals surface area contributed by atoms with Crippen molar-refractivity contribution in [3.05, 3.63) is 48.0 Å². The molecule has 1 aromatic carbocycles. The van der Waals surface area contributed by atoms with Gasteiger partial charge in [-0.15, -0.1) is 6.58 Å². The van der Waals surface area contributed by atoms with Gasteiger partial charge in [-0.1, -0.05) is 42.8 Å². The van der Waals surface area contributed by atoms with Gasteiger partial charge >= 0.3 is 0 Å². The van der Waals surface area contributed by atoms with Crippen LogP contribution in [0, 0.1) is 6.92 Å². The van der Waals surface area contributed by atoms with Gasteiger partial charge in [-0.3, -0.25) is 0 Å². The van der Waals surface area contributed by atoms with Gasteiger partial charge in [-0.25, -0.2) is 0 Å². The molecule has 0 aliphatic rings. The number of aliphatic hydroxyl groups is 2. The van der Waals surface area contributed by atoms with Crippen LogP contribution in [0.25, 0.3) is 0 Å². The normalized spacial score (nSPS) is 16.8. The van der Waals surface area contributed by atoms with Crippen molar-refractivity contribution >= 4 is 0 Å². The van der Waals surface area contributed by atoms with E-state index in [2.05, 4.69) is 6.58 Å². The highest BCUT2D eigenvalue weighted by Gasteiger charge is 2.31. The van der Waals surface area contributed by atoms with Crippen molar-refractivity contribution in [2.24, 2.45) is 0 Å². The second-order valence-electron chi connectivity index (χ2n) is 3.86. The Balaban J connectivity index is 2.97. The number of aliphatic hydroxyl groups excluding tert-OH is 1. The maximum atomic E-state index is 10.1. The highest BCUT2D eigenvalue weighted by atomic mass is 16.3. The molecule has 2 N–H and O–H groups in total. The lowest BCUT2D eigenvalue weighted by molar-refractivity contribution is -0.0433. The molecule has 82 valence electrons. The molecular weight excluding hydrogens is 188 g/mol. The lowest BCUT2D eigenvalue weighted by Gasteiger charge is -2.29. The summed E-state index contributed by atoms with van der Waals surface area (Å²) in [5.41, 5.74) is 0.601. The minimum atomic E-state index is -1.24. The molecule has 0 fully saturated rings. The fourth-order valence-electron chi connectivity index (χ4n) is 1.49. The monoisotopic (exact) mass is 206 g/mol. The van der Waals surface area contributed by atoms with Gasteiger partial charge in [-0.05, 0) is 18.9 Å². The molecule has 2 atom stereocenters. The molecule has 0 aliphatic heterocycles. The Kier molecular flexibility index (Phi) is 3.66. The van der Waals surface area contributed by atoms with Crippen molar-refractivity contribution in [2.75, 3.05) is 0 Å². The molecule has 0 heterocycles. The topological polar surface area (TPSA) is 40.5 Å². The number of rotatable bonds is 4. The molecule has 0 spiro atoms. The van der Waals surface area contributed by atoms with Crippen molar-refractivity contribution in [2.45, 2.75) is 32.0 Å². The predicted octanol–water partition coefficient (Wildman–Crippen LogP) is 2.36. The average Bonchev–Trinajstić information content (AvgIpc) is 2.28.